The number of amides is 1. The second-order valence-electron chi connectivity index (χ2n) is 9.99. The Morgan fingerprint density at radius 3 is 2.38 bits per heavy atom. The van der Waals surface area contributed by atoms with Gasteiger partial charge in [0.15, 0.2) is 17.5 Å². The van der Waals surface area contributed by atoms with Gasteiger partial charge in [-0.25, -0.2) is 18.2 Å². The third-order valence-corrected chi connectivity index (χ3v) is 7.46. The van der Waals surface area contributed by atoms with Crippen molar-refractivity contribution in [2.24, 2.45) is 7.05 Å². The molecule has 1 aliphatic heterocycles. The Balaban J connectivity index is 1.71. The van der Waals surface area contributed by atoms with Crippen molar-refractivity contribution in [3.05, 3.63) is 93.8 Å². The zero-order chi connectivity index (χ0) is 30.2. The van der Waals surface area contributed by atoms with Crippen molar-refractivity contribution in [2.75, 3.05) is 14.2 Å². The van der Waals surface area contributed by atoms with Gasteiger partial charge in [0.2, 0.25) is 5.78 Å². The number of carbonyl (C=O) groups is 2. The van der Waals surface area contributed by atoms with Crippen LogP contribution in [0.15, 0.2) is 42.6 Å². The Labute approximate surface area is 233 Å². The highest BCUT2D eigenvalue weighted by Crippen LogP contribution is 2.46. The number of aromatic nitrogens is 3. The first-order valence-electron chi connectivity index (χ1n) is 12.5. The maximum Gasteiger partial charge on any atom is 0.417 e. The van der Waals surface area contributed by atoms with Crippen molar-refractivity contribution in [3.8, 4) is 11.1 Å². The number of alkyl halides is 3. The molecule has 0 atom stereocenters. The molecular formula is C29H20F6N4O3. The molecule has 42 heavy (non-hydrogen) atoms. The third kappa shape index (κ3) is 3.98. The molecule has 0 radical (unpaired) electrons. The minimum atomic E-state index is -4.83. The smallest absolute Gasteiger partial charge is 0.377 e. The summed E-state index contributed by atoms with van der Waals surface area (Å²) in [6.45, 7) is -0.216. The highest BCUT2D eigenvalue weighted by atomic mass is 19.4. The van der Waals surface area contributed by atoms with E-state index in [0.29, 0.717) is 18.0 Å². The van der Waals surface area contributed by atoms with Crippen molar-refractivity contribution >= 4 is 28.2 Å². The van der Waals surface area contributed by atoms with Crippen LogP contribution in [-0.4, -0.2) is 44.7 Å². The molecule has 2 aromatic carbocycles. The van der Waals surface area contributed by atoms with Gasteiger partial charge in [0, 0.05) is 56.2 Å². The van der Waals surface area contributed by atoms with Gasteiger partial charge >= 0.3 is 6.18 Å². The lowest BCUT2D eigenvalue weighted by atomic mass is 9.90. The Bertz CT molecular complexity index is 1950. The number of aryl methyl sites for hydroxylation is 1. The van der Waals surface area contributed by atoms with E-state index in [9.17, 15) is 35.9 Å². The predicted molar refractivity (Wildman–Crippen MR) is 138 cm³/mol. The second kappa shape index (κ2) is 9.44. The van der Waals surface area contributed by atoms with Gasteiger partial charge in [-0.2, -0.15) is 13.2 Å². The van der Waals surface area contributed by atoms with Gasteiger partial charge in [0.25, 0.3) is 5.91 Å². The second-order valence-corrected chi connectivity index (χ2v) is 9.99. The molecule has 13 heteroatoms. The third-order valence-electron chi connectivity index (χ3n) is 7.46. The SMILES string of the molecule is COCc1nc2c3c(c(C(F)(F)F)cc2n1C)-c1cccn2c(C(=O)c4cc(F)c(F)c(F)c4)cc(c12)C(=O)N(C)C3. The summed E-state index contributed by atoms with van der Waals surface area (Å²) in [6.07, 6.45) is -3.48. The van der Waals surface area contributed by atoms with E-state index in [2.05, 4.69) is 4.98 Å². The first-order chi connectivity index (χ1) is 19.8. The first-order valence-corrected chi connectivity index (χ1v) is 12.5. The van der Waals surface area contributed by atoms with Crippen molar-refractivity contribution in [3.63, 3.8) is 0 Å². The van der Waals surface area contributed by atoms with E-state index in [1.54, 1.807) is 7.05 Å². The fourth-order valence-electron chi connectivity index (χ4n) is 5.53. The van der Waals surface area contributed by atoms with Gasteiger partial charge in [0.05, 0.1) is 33.4 Å². The molecule has 7 nitrogen and oxygen atoms in total. The molecule has 0 bridgehead atoms. The van der Waals surface area contributed by atoms with Crippen molar-refractivity contribution in [1.29, 1.82) is 0 Å². The van der Waals surface area contributed by atoms with Crippen LogP contribution in [0.2, 0.25) is 0 Å². The zero-order valence-corrected chi connectivity index (χ0v) is 22.2. The van der Waals surface area contributed by atoms with E-state index in [-0.39, 0.29) is 57.6 Å². The summed E-state index contributed by atoms with van der Waals surface area (Å²) >= 11 is 0. The number of methoxy groups -OCH3 is 1. The number of ketones is 1. The van der Waals surface area contributed by atoms with E-state index in [1.807, 2.05) is 0 Å². The van der Waals surface area contributed by atoms with Gasteiger partial charge in [-0.15, -0.1) is 0 Å². The van der Waals surface area contributed by atoms with Crippen molar-refractivity contribution < 1.29 is 40.7 Å². The molecule has 0 saturated heterocycles. The molecule has 1 amide bonds. The van der Waals surface area contributed by atoms with E-state index in [0.717, 1.165) is 12.1 Å². The van der Waals surface area contributed by atoms with Crippen LogP contribution in [0.5, 0.6) is 0 Å². The number of fused-ring (bicyclic) bond motifs is 4. The first kappa shape index (κ1) is 27.5. The molecule has 5 aromatic rings. The van der Waals surface area contributed by atoms with Crippen LogP contribution in [0.25, 0.3) is 27.7 Å². The number of imidazole rings is 1. The maximum atomic E-state index is 14.7. The van der Waals surface area contributed by atoms with Gasteiger partial charge in [-0.1, -0.05) is 6.07 Å². The highest BCUT2D eigenvalue weighted by molar-refractivity contribution is 6.14. The fourth-order valence-corrected chi connectivity index (χ4v) is 5.53. The molecule has 216 valence electrons. The summed E-state index contributed by atoms with van der Waals surface area (Å²) in [5.41, 5.74) is -1.53. The number of pyridine rings is 1. The molecule has 4 heterocycles. The van der Waals surface area contributed by atoms with Crippen molar-refractivity contribution in [2.45, 2.75) is 19.3 Å². The van der Waals surface area contributed by atoms with Crippen LogP contribution < -0.4 is 0 Å². The number of halogens is 6. The maximum absolute atomic E-state index is 14.7. The predicted octanol–water partition coefficient (Wildman–Crippen LogP) is 5.89. The average molecular weight is 586 g/mol. The number of hydrogen-bond donors (Lipinski definition) is 0. The van der Waals surface area contributed by atoms with Crippen LogP contribution in [0, 0.1) is 17.5 Å². The summed E-state index contributed by atoms with van der Waals surface area (Å²) in [6, 6.07) is 5.99. The number of nitrogens with zero attached hydrogens (tertiary/aromatic N) is 4. The molecule has 0 N–H and O–H groups in total. The summed E-state index contributed by atoms with van der Waals surface area (Å²) < 4.78 is 93.5. The Kier molecular flexibility index (Phi) is 6.19. The monoisotopic (exact) mass is 586 g/mol. The normalized spacial score (nSPS) is 13.5. The lowest BCUT2D eigenvalue weighted by Crippen LogP contribution is -2.28. The quantitative estimate of drug-likeness (QED) is 0.150. The Morgan fingerprint density at radius 2 is 1.74 bits per heavy atom. The molecule has 0 saturated carbocycles. The van der Waals surface area contributed by atoms with E-state index in [4.69, 9.17) is 4.74 Å². The van der Waals surface area contributed by atoms with E-state index in [1.165, 1.54) is 46.4 Å². The van der Waals surface area contributed by atoms with Gasteiger partial charge < -0.3 is 18.6 Å². The fraction of sp³-hybridized carbons (Fsp3) is 0.207. The highest BCUT2D eigenvalue weighted by Gasteiger charge is 2.39. The van der Waals surface area contributed by atoms with E-state index >= 15 is 0 Å². The lowest BCUT2D eigenvalue weighted by Gasteiger charge is -2.26. The number of hydrogen-bond acceptors (Lipinski definition) is 4. The topological polar surface area (TPSA) is 68.8 Å². The molecule has 0 unspecified atom stereocenters. The van der Waals surface area contributed by atoms with Crippen LogP contribution in [-0.2, 0) is 31.1 Å². The summed E-state index contributed by atoms with van der Waals surface area (Å²) in [5, 5.41) is 0. The Morgan fingerprint density at radius 1 is 1.05 bits per heavy atom. The molecular weight excluding hydrogens is 566 g/mol. The van der Waals surface area contributed by atoms with Crippen LogP contribution in [0.4, 0.5) is 26.3 Å². The van der Waals surface area contributed by atoms with Crippen molar-refractivity contribution in [1.82, 2.24) is 18.9 Å². The summed E-state index contributed by atoms with van der Waals surface area (Å²) in [5.74, 6) is -6.16. The molecule has 1 aliphatic rings. The van der Waals surface area contributed by atoms with Crippen LogP contribution >= 0.6 is 0 Å². The largest absolute Gasteiger partial charge is 0.417 e. The molecule has 3 aromatic heterocycles. The summed E-state index contributed by atoms with van der Waals surface area (Å²) in [4.78, 5) is 32.9. The molecule has 0 aliphatic carbocycles. The lowest BCUT2D eigenvalue weighted by molar-refractivity contribution is -0.137. The number of carbonyl (C=O) groups excluding carboxylic acids is 2. The van der Waals surface area contributed by atoms with Crippen LogP contribution in [0.3, 0.4) is 0 Å². The van der Waals surface area contributed by atoms with Gasteiger partial charge in [0.1, 0.15) is 12.4 Å². The van der Waals surface area contributed by atoms with Gasteiger partial charge in [-0.05, 0) is 30.3 Å². The van der Waals surface area contributed by atoms with Gasteiger partial charge in [-0.3, -0.25) is 9.59 Å². The minimum Gasteiger partial charge on any atom is -0.377 e. The minimum absolute atomic E-state index is 0.00707. The molecule has 6 rings (SSSR count). The summed E-state index contributed by atoms with van der Waals surface area (Å²) in [7, 11) is 4.40. The number of ether oxygens (including phenoxy) is 1. The zero-order valence-electron chi connectivity index (χ0n) is 22.2. The Hall–Kier alpha value is -4.65. The molecule has 0 fully saturated rings. The number of rotatable bonds is 4. The number of benzene rings is 2. The van der Waals surface area contributed by atoms with Crippen LogP contribution in [0.1, 0.15) is 43.4 Å². The standard InChI is InChI=1S/C29H20F6N4O3/c1-37-11-16-23(17(29(33,34)35)10-20-25(16)36-22(12-42-3)38(20)2)14-5-4-6-39-21(9-15(26(14)39)28(37)41)27(40)13-7-18(30)24(32)19(31)8-13/h4-10H,11-12H2,1-3H3. The van der Waals surface area contributed by atoms with E-state index < -0.39 is 46.4 Å². The molecule has 0 spiro atoms. The average Bonchev–Trinajstić information content (AvgIpc) is 3.47.